The molecule has 0 spiro atoms. The minimum atomic E-state index is -1.19. The zero-order valence-corrected chi connectivity index (χ0v) is 16.8. The van der Waals surface area contributed by atoms with Gasteiger partial charge in [0.15, 0.2) is 5.69 Å². The highest BCUT2D eigenvalue weighted by Gasteiger charge is 2.40. The van der Waals surface area contributed by atoms with E-state index in [2.05, 4.69) is 9.97 Å². The molecule has 1 aromatic heterocycles. The van der Waals surface area contributed by atoms with Crippen LogP contribution in [-0.4, -0.2) is 62.5 Å². The molecule has 9 heteroatoms. The Morgan fingerprint density at radius 2 is 1.90 bits per heavy atom. The number of aromatic carboxylic acids is 1. The van der Waals surface area contributed by atoms with Crippen LogP contribution in [0.2, 0.25) is 0 Å². The first kappa shape index (κ1) is 20.7. The molecule has 0 unspecified atom stereocenters. The predicted octanol–water partition coefficient (Wildman–Crippen LogP) is 2.83. The van der Waals surface area contributed by atoms with E-state index in [1.54, 1.807) is 52.1 Å². The average Bonchev–Trinajstić information content (AvgIpc) is 3.24. The number of likely N-dealkylation sites (tertiary alicyclic amines) is 1. The van der Waals surface area contributed by atoms with Gasteiger partial charge in [-0.1, -0.05) is 0 Å². The van der Waals surface area contributed by atoms with Crippen LogP contribution in [0.15, 0.2) is 24.3 Å². The van der Waals surface area contributed by atoms with E-state index in [1.165, 1.54) is 4.90 Å². The fourth-order valence-corrected chi connectivity index (χ4v) is 3.27. The second-order valence-electron chi connectivity index (χ2n) is 7.92. The van der Waals surface area contributed by atoms with E-state index in [0.29, 0.717) is 17.0 Å². The Kier molecular flexibility index (Phi) is 5.52. The maximum atomic E-state index is 12.6. The van der Waals surface area contributed by atoms with E-state index in [9.17, 15) is 19.8 Å². The number of H-pyrrole nitrogens is 1. The Bertz CT molecular complexity index is 900. The summed E-state index contributed by atoms with van der Waals surface area (Å²) < 4.78 is 10.6. The lowest BCUT2D eigenvalue weighted by atomic mass is 10.1. The van der Waals surface area contributed by atoms with Gasteiger partial charge in [0.1, 0.15) is 17.2 Å². The van der Waals surface area contributed by atoms with Crippen molar-refractivity contribution in [3.8, 4) is 17.0 Å². The highest BCUT2D eigenvalue weighted by molar-refractivity contribution is 5.93. The maximum absolute atomic E-state index is 12.6. The van der Waals surface area contributed by atoms with Gasteiger partial charge in [0.25, 0.3) is 0 Å². The summed E-state index contributed by atoms with van der Waals surface area (Å²) in [6.45, 7) is 5.34. The van der Waals surface area contributed by atoms with Crippen LogP contribution in [0.3, 0.4) is 0 Å². The second kappa shape index (κ2) is 7.75. The number of nitrogens with zero attached hydrogens (tertiary/aromatic N) is 2. The number of carboxylic acids is 1. The van der Waals surface area contributed by atoms with Gasteiger partial charge in [0.05, 0.1) is 31.5 Å². The Hall–Kier alpha value is -3.07. The molecule has 2 heterocycles. The first-order valence-corrected chi connectivity index (χ1v) is 9.24. The quantitative estimate of drug-likeness (QED) is 0.717. The van der Waals surface area contributed by atoms with Gasteiger partial charge in [-0.25, -0.2) is 14.6 Å². The number of aliphatic hydroxyl groups is 1. The van der Waals surface area contributed by atoms with E-state index in [-0.39, 0.29) is 24.5 Å². The standard InChI is InChI=1S/C20H25N3O6/c1-20(2,3)29-19(27)23-10-12(24)9-14(23)17-21-15(16(22-17)18(25)26)11-5-7-13(28-4)8-6-11/h5-8,12,14,24H,9-10H2,1-4H3,(H,21,22)(H,25,26)/t12-,14+/m1/s1. The number of carbonyl (C=O) groups excluding carboxylic acids is 1. The molecule has 3 N–H and O–H groups in total. The summed E-state index contributed by atoms with van der Waals surface area (Å²) >= 11 is 0. The zero-order chi connectivity index (χ0) is 21.3. The monoisotopic (exact) mass is 403 g/mol. The van der Waals surface area contributed by atoms with E-state index in [1.807, 2.05) is 0 Å². The summed E-state index contributed by atoms with van der Waals surface area (Å²) in [5.41, 5.74) is 0.0828. The lowest BCUT2D eigenvalue weighted by Gasteiger charge is -2.27. The number of aromatic amines is 1. The highest BCUT2D eigenvalue weighted by Crippen LogP contribution is 2.34. The van der Waals surface area contributed by atoms with Gasteiger partial charge in [0, 0.05) is 12.0 Å². The lowest BCUT2D eigenvalue weighted by molar-refractivity contribution is 0.0201. The molecule has 2 atom stereocenters. The van der Waals surface area contributed by atoms with E-state index >= 15 is 0 Å². The van der Waals surface area contributed by atoms with Gasteiger partial charge >= 0.3 is 12.1 Å². The van der Waals surface area contributed by atoms with Crippen molar-refractivity contribution >= 4 is 12.1 Å². The normalized spacial score (nSPS) is 19.3. The van der Waals surface area contributed by atoms with Crippen LogP contribution < -0.4 is 4.74 Å². The molecule has 1 aliphatic rings. The molecular formula is C20H25N3O6. The average molecular weight is 403 g/mol. The number of amides is 1. The van der Waals surface area contributed by atoms with Gasteiger partial charge in [-0.15, -0.1) is 0 Å². The first-order chi connectivity index (χ1) is 13.6. The van der Waals surface area contributed by atoms with E-state index in [0.717, 1.165) is 0 Å². The molecule has 0 aliphatic carbocycles. The molecule has 2 aromatic rings. The largest absolute Gasteiger partial charge is 0.497 e. The Morgan fingerprint density at radius 1 is 1.24 bits per heavy atom. The second-order valence-corrected chi connectivity index (χ2v) is 7.92. The van der Waals surface area contributed by atoms with Crippen LogP contribution >= 0.6 is 0 Å². The van der Waals surface area contributed by atoms with Gasteiger partial charge in [-0.2, -0.15) is 0 Å². The fraction of sp³-hybridized carbons (Fsp3) is 0.450. The van der Waals surface area contributed by atoms with Crippen LogP contribution in [0.25, 0.3) is 11.3 Å². The first-order valence-electron chi connectivity index (χ1n) is 9.24. The predicted molar refractivity (Wildman–Crippen MR) is 104 cm³/mol. The number of aliphatic hydroxyl groups excluding tert-OH is 1. The molecule has 1 fully saturated rings. The van der Waals surface area contributed by atoms with Gasteiger partial charge < -0.3 is 24.7 Å². The molecule has 1 aromatic carbocycles. The Balaban J connectivity index is 1.96. The van der Waals surface area contributed by atoms with Crippen molar-refractivity contribution in [1.82, 2.24) is 14.9 Å². The molecule has 9 nitrogen and oxygen atoms in total. The van der Waals surface area contributed by atoms with Gasteiger partial charge in [0.2, 0.25) is 0 Å². The summed E-state index contributed by atoms with van der Waals surface area (Å²) in [4.78, 5) is 33.0. The number of ether oxygens (including phenoxy) is 2. The van der Waals surface area contributed by atoms with Crippen LogP contribution in [0.5, 0.6) is 5.75 Å². The number of β-amino-alcohol motifs (C(OH)–C–C–N with tert-alkyl or cyclic N) is 1. The van der Waals surface area contributed by atoms with Gasteiger partial charge in [-0.3, -0.25) is 4.90 Å². The highest BCUT2D eigenvalue weighted by atomic mass is 16.6. The molecule has 29 heavy (non-hydrogen) atoms. The molecule has 1 amide bonds. The third kappa shape index (κ3) is 4.51. The number of carboxylic acid groups (broad SMARTS) is 1. The number of nitrogens with one attached hydrogen (secondary N) is 1. The summed E-state index contributed by atoms with van der Waals surface area (Å²) in [6.07, 6.45) is -1.11. The van der Waals surface area contributed by atoms with Crippen molar-refractivity contribution < 1.29 is 29.3 Å². The van der Waals surface area contributed by atoms with Gasteiger partial charge in [-0.05, 0) is 45.0 Å². The summed E-state index contributed by atoms with van der Waals surface area (Å²) in [6, 6.07) is 6.25. The van der Waals surface area contributed by atoms with Crippen molar-refractivity contribution in [1.29, 1.82) is 0 Å². The molecule has 0 radical (unpaired) electrons. The fourth-order valence-electron chi connectivity index (χ4n) is 3.27. The lowest BCUT2D eigenvalue weighted by Crippen LogP contribution is -2.37. The number of rotatable bonds is 4. The van der Waals surface area contributed by atoms with Crippen molar-refractivity contribution in [2.24, 2.45) is 0 Å². The third-order valence-electron chi connectivity index (χ3n) is 4.53. The molecule has 0 bridgehead atoms. The minimum absolute atomic E-state index is 0.0839. The Labute approximate surface area is 168 Å². The van der Waals surface area contributed by atoms with Crippen molar-refractivity contribution in [3.63, 3.8) is 0 Å². The van der Waals surface area contributed by atoms with Crippen LogP contribution in [0.4, 0.5) is 4.79 Å². The maximum Gasteiger partial charge on any atom is 0.411 e. The Morgan fingerprint density at radius 3 is 2.45 bits per heavy atom. The van der Waals surface area contributed by atoms with E-state index in [4.69, 9.17) is 9.47 Å². The number of hydrogen-bond donors (Lipinski definition) is 3. The SMILES string of the molecule is COc1ccc(-c2[nH]c([C@@H]3C[C@@H](O)CN3C(=O)OC(C)(C)C)nc2C(=O)O)cc1. The van der Waals surface area contributed by atoms with Crippen molar-refractivity contribution in [3.05, 3.63) is 35.8 Å². The molecular weight excluding hydrogens is 378 g/mol. The number of benzene rings is 1. The summed E-state index contributed by atoms with van der Waals surface area (Å²) in [7, 11) is 1.54. The number of aromatic nitrogens is 2. The zero-order valence-electron chi connectivity index (χ0n) is 16.8. The smallest absolute Gasteiger partial charge is 0.411 e. The number of imidazole rings is 1. The van der Waals surface area contributed by atoms with Crippen molar-refractivity contribution in [2.75, 3.05) is 13.7 Å². The van der Waals surface area contributed by atoms with E-state index < -0.39 is 29.8 Å². The summed E-state index contributed by atoms with van der Waals surface area (Å²) in [5.74, 6) is -0.267. The number of carbonyl (C=O) groups is 2. The van der Waals surface area contributed by atoms with Crippen LogP contribution in [-0.2, 0) is 4.74 Å². The summed E-state index contributed by atoms with van der Waals surface area (Å²) in [5, 5.41) is 19.7. The molecule has 1 aliphatic heterocycles. The third-order valence-corrected chi connectivity index (χ3v) is 4.53. The van der Waals surface area contributed by atoms with Crippen molar-refractivity contribution in [2.45, 2.75) is 44.9 Å². The molecule has 1 saturated heterocycles. The molecule has 156 valence electrons. The molecule has 3 rings (SSSR count). The number of methoxy groups -OCH3 is 1. The van der Waals surface area contributed by atoms with Crippen LogP contribution in [0.1, 0.15) is 49.5 Å². The number of hydrogen-bond acceptors (Lipinski definition) is 6. The topological polar surface area (TPSA) is 125 Å². The minimum Gasteiger partial charge on any atom is -0.497 e. The van der Waals surface area contributed by atoms with Crippen LogP contribution in [0, 0.1) is 0 Å². The molecule has 0 saturated carbocycles.